The Bertz CT molecular complexity index is 1560. The number of aryl methyl sites for hydroxylation is 1. The summed E-state index contributed by atoms with van der Waals surface area (Å²) in [5.41, 5.74) is 4.29. The summed E-state index contributed by atoms with van der Waals surface area (Å²) < 4.78 is 16.5. The van der Waals surface area contributed by atoms with Gasteiger partial charge in [0.05, 0.1) is 49.0 Å². The number of ether oxygens (including phenoxy) is 2. The van der Waals surface area contributed by atoms with E-state index in [4.69, 9.17) is 9.47 Å². The molecule has 0 saturated carbocycles. The van der Waals surface area contributed by atoms with Gasteiger partial charge in [-0.15, -0.1) is 0 Å². The van der Waals surface area contributed by atoms with E-state index in [1.54, 1.807) is 15.2 Å². The molecule has 4 aromatic rings. The lowest BCUT2D eigenvalue weighted by molar-refractivity contribution is 0.0363. The van der Waals surface area contributed by atoms with Gasteiger partial charge in [-0.25, -0.2) is 4.79 Å². The topological polar surface area (TPSA) is 73.9 Å². The van der Waals surface area contributed by atoms with Gasteiger partial charge in [0.2, 0.25) is 0 Å². The molecular weight excluding hydrogens is 494 g/mol. The number of morpholine rings is 2. The summed E-state index contributed by atoms with van der Waals surface area (Å²) in [7, 11) is 0. The zero-order valence-electron chi connectivity index (χ0n) is 22.4. The van der Waals surface area contributed by atoms with Crippen LogP contribution in [0.5, 0.6) is 0 Å². The van der Waals surface area contributed by atoms with Crippen molar-refractivity contribution in [2.45, 2.75) is 20.0 Å². The minimum absolute atomic E-state index is 0.0179. The van der Waals surface area contributed by atoms with Crippen molar-refractivity contribution in [3.8, 4) is 16.9 Å². The lowest BCUT2D eigenvalue weighted by atomic mass is 10.1. The normalized spacial score (nSPS) is 16.7. The molecule has 4 heterocycles. The van der Waals surface area contributed by atoms with Gasteiger partial charge in [0.25, 0.3) is 5.56 Å². The minimum atomic E-state index is -0.0711. The van der Waals surface area contributed by atoms with E-state index in [-0.39, 0.29) is 11.2 Å². The Labute approximate surface area is 227 Å². The predicted molar refractivity (Wildman–Crippen MR) is 153 cm³/mol. The molecule has 6 rings (SSSR count). The molecule has 0 atom stereocenters. The van der Waals surface area contributed by atoms with Gasteiger partial charge in [0.1, 0.15) is 0 Å². The molecule has 0 radical (unpaired) electrons. The third kappa shape index (κ3) is 5.05. The van der Waals surface area contributed by atoms with E-state index in [0.717, 1.165) is 79.5 Å². The molecule has 2 aliphatic heterocycles. The summed E-state index contributed by atoms with van der Waals surface area (Å²) in [5.74, 6) is 0. The van der Waals surface area contributed by atoms with Gasteiger partial charge in [-0.2, -0.15) is 0 Å². The Morgan fingerprint density at radius 1 is 0.821 bits per heavy atom. The zero-order valence-corrected chi connectivity index (χ0v) is 22.4. The molecule has 0 unspecified atom stereocenters. The van der Waals surface area contributed by atoms with Gasteiger partial charge in [0, 0.05) is 69.0 Å². The first-order chi connectivity index (χ1) is 19.1. The zero-order chi connectivity index (χ0) is 26.8. The molecular formula is C30H35N5O4. The smallest absolute Gasteiger partial charge is 0.333 e. The van der Waals surface area contributed by atoms with Crippen molar-refractivity contribution >= 4 is 16.6 Å². The molecule has 2 fully saturated rings. The van der Waals surface area contributed by atoms with Crippen molar-refractivity contribution in [3.05, 3.63) is 81.6 Å². The largest absolute Gasteiger partial charge is 0.379 e. The molecule has 0 bridgehead atoms. The van der Waals surface area contributed by atoms with Crippen LogP contribution in [-0.2, 0) is 22.6 Å². The average molecular weight is 530 g/mol. The van der Waals surface area contributed by atoms with Crippen molar-refractivity contribution in [1.82, 2.24) is 18.6 Å². The van der Waals surface area contributed by atoms with Crippen LogP contribution < -0.4 is 16.1 Å². The lowest BCUT2D eigenvalue weighted by Crippen LogP contribution is -2.39. The SMILES string of the molecule is CCn1c(=O)cc(N2CCOCC2)c2cc(-n3c(-c4ccccc4)cn(CCN4CCOCC4)c3=O)ccc21. The number of hydrogen-bond acceptors (Lipinski definition) is 6. The van der Waals surface area contributed by atoms with Gasteiger partial charge in [-0.3, -0.25) is 18.8 Å². The molecule has 0 amide bonds. The highest BCUT2D eigenvalue weighted by Crippen LogP contribution is 2.30. The number of aromatic nitrogens is 3. The van der Waals surface area contributed by atoms with Crippen LogP contribution in [0.4, 0.5) is 5.69 Å². The number of imidazole rings is 1. The van der Waals surface area contributed by atoms with Crippen LogP contribution in [0, 0.1) is 0 Å². The molecule has 0 N–H and O–H groups in total. The monoisotopic (exact) mass is 529 g/mol. The van der Waals surface area contributed by atoms with Crippen LogP contribution in [0.25, 0.3) is 27.8 Å². The fourth-order valence-corrected chi connectivity index (χ4v) is 5.68. The van der Waals surface area contributed by atoms with E-state index in [2.05, 4.69) is 15.9 Å². The molecule has 39 heavy (non-hydrogen) atoms. The number of benzene rings is 2. The Morgan fingerprint density at radius 3 is 2.26 bits per heavy atom. The third-order valence-electron chi connectivity index (χ3n) is 7.79. The highest BCUT2D eigenvalue weighted by molar-refractivity contribution is 5.93. The molecule has 2 aromatic heterocycles. The molecule has 2 aliphatic rings. The van der Waals surface area contributed by atoms with Crippen LogP contribution in [0.2, 0.25) is 0 Å². The van der Waals surface area contributed by atoms with Crippen molar-refractivity contribution in [3.63, 3.8) is 0 Å². The van der Waals surface area contributed by atoms with Crippen LogP contribution in [0.1, 0.15) is 6.92 Å². The highest BCUT2D eigenvalue weighted by atomic mass is 16.5. The van der Waals surface area contributed by atoms with E-state index in [9.17, 15) is 9.59 Å². The number of rotatable bonds is 7. The fraction of sp³-hybridized carbons (Fsp3) is 0.400. The van der Waals surface area contributed by atoms with Crippen molar-refractivity contribution in [1.29, 1.82) is 0 Å². The second-order valence-electron chi connectivity index (χ2n) is 10.1. The maximum absolute atomic E-state index is 13.9. The van der Waals surface area contributed by atoms with E-state index in [1.165, 1.54) is 0 Å². The summed E-state index contributed by atoms with van der Waals surface area (Å²) in [4.78, 5) is 31.5. The van der Waals surface area contributed by atoms with Gasteiger partial charge in [-0.1, -0.05) is 30.3 Å². The van der Waals surface area contributed by atoms with Crippen molar-refractivity contribution in [2.24, 2.45) is 0 Å². The maximum atomic E-state index is 13.9. The van der Waals surface area contributed by atoms with Crippen molar-refractivity contribution in [2.75, 3.05) is 64.1 Å². The van der Waals surface area contributed by atoms with E-state index in [1.807, 2.05) is 60.2 Å². The van der Waals surface area contributed by atoms with Crippen LogP contribution in [-0.4, -0.2) is 77.8 Å². The Kier molecular flexibility index (Phi) is 7.36. The molecule has 0 spiro atoms. The summed E-state index contributed by atoms with van der Waals surface area (Å²) in [6, 6.07) is 17.8. The first-order valence-electron chi connectivity index (χ1n) is 13.8. The maximum Gasteiger partial charge on any atom is 0.333 e. The number of nitrogens with zero attached hydrogens (tertiary/aromatic N) is 5. The highest BCUT2D eigenvalue weighted by Gasteiger charge is 2.20. The predicted octanol–water partition coefficient (Wildman–Crippen LogP) is 2.81. The fourth-order valence-electron chi connectivity index (χ4n) is 5.68. The molecule has 9 heteroatoms. The van der Waals surface area contributed by atoms with E-state index >= 15 is 0 Å². The van der Waals surface area contributed by atoms with Gasteiger partial charge in [-0.05, 0) is 25.1 Å². The Morgan fingerprint density at radius 2 is 1.54 bits per heavy atom. The number of pyridine rings is 1. The number of anilines is 1. The van der Waals surface area contributed by atoms with E-state index in [0.29, 0.717) is 26.3 Å². The molecule has 2 aromatic carbocycles. The van der Waals surface area contributed by atoms with Crippen LogP contribution in [0.15, 0.2) is 70.4 Å². The molecule has 9 nitrogen and oxygen atoms in total. The molecule has 2 saturated heterocycles. The minimum Gasteiger partial charge on any atom is -0.379 e. The summed E-state index contributed by atoms with van der Waals surface area (Å²) in [6.45, 7) is 9.89. The molecule has 0 aliphatic carbocycles. The van der Waals surface area contributed by atoms with Crippen LogP contribution >= 0.6 is 0 Å². The van der Waals surface area contributed by atoms with Gasteiger partial charge < -0.3 is 18.9 Å². The molecule has 204 valence electrons. The van der Waals surface area contributed by atoms with Crippen molar-refractivity contribution < 1.29 is 9.47 Å². The summed E-state index contributed by atoms with van der Waals surface area (Å²) in [6.07, 6.45) is 1.97. The standard InChI is InChI=1S/C30H35N5O4/c1-2-34-26-9-8-24(20-25(26)27(21-29(34)36)32-14-18-39-19-15-32)35-28(23-6-4-3-5-7-23)22-33(30(35)37)11-10-31-12-16-38-17-13-31/h3-9,20-22H,2,10-19H2,1H3. The first-order valence-corrected chi connectivity index (χ1v) is 13.8. The third-order valence-corrected chi connectivity index (χ3v) is 7.79. The number of hydrogen-bond donors (Lipinski definition) is 0. The second-order valence-corrected chi connectivity index (χ2v) is 10.1. The van der Waals surface area contributed by atoms with Gasteiger partial charge in [0.15, 0.2) is 0 Å². The quantitative estimate of drug-likeness (QED) is 0.367. The average Bonchev–Trinajstić information content (AvgIpc) is 3.32. The summed E-state index contributed by atoms with van der Waals surface area (Å²) >= 11 is 0. The van der Waals surface area contributed by atoms with E-state index < -0.39 is 0 Å². The van der Waals surface area contributed by atoms with Gasteiger partial charge >= 0.3 is 5.69 Å². The summed E-state index contributed by atoms with van der Waals surface area (Å²) in [5, 5.41) is 0.961. The Hall–Kier alpha value is -3.66. The Balaban J connectivity index is 1.48. The van der Waals surface area contributed by atoms with Crippen LogP contribution in [0.3, 0.4) is 0 Å². The second kappa shape index (κ2) is 11.2. The first kappa shape index (κ1) is 25.6. The number of fused-ring (bicyclic) bond motifs is 1. The lowest BCUT2D eigenvalue weighted by Gasteiger charge is -2.30.